The fourth-order valence-corrected chi connectivity index (χ4v) is 1.61. The summed E-state index contributed by atoms with van der Waals surface area (Å²) in [7, 11) is 0. The van der Waals surface area contributed by atoms with Crippen LogP contribution in [0.4, 0.5) is 15.9 Å². The molecular formula is C10H6BrFN4O3. The molecule has 98 valence electrons. The number of nitrogens with zero attached hydrogens (tertiary/aromatic N) is 3. The van der Waals surface area contributed by atoms with Gasteiger partial charge in [-0.1, -0.05) is 0 Å². The molecule has 2 N–H and O–H groups in total. The molecule has 0 saturated heterocycles. The van der Waals surface area contributed by atoms with E-state index in [9.17, 15) is 14.5 Å². The highest BCUT2D eigenvalue weighted by atomic mass is 79.9. The van der Waals surface area contributed by atoms with Crippen molar-refractivity contribution in [3.8, 4) is 11.6 Å². The highest BCUT2D eigenvalue weighted by Crippen LogP contribution is 2.35. The molecule has 1 aromatic carbocycles. The Morgan fingerprint density at radius 2 is 2.16 bits per heavy atom. The number of aromatic nitrogens is 2. The Morgan fingerprint density at radius 3 is 2.84 bits per heavy atom. The molecule has 2 rings (SSSR count). The van der Waals surface area contributed by atoms with Crippen LogP contribution in [-0.2, 0) is 0 Å². The van der Waals surface area contributed by atoms with E-state index in [1.165, 1.54) is 12.1 Å². The molecule has 0 amide bonds. The van der Waals surface area contributed by atoms with Gasteiger partial charge in [0.25, 0.3) is 0 Å². The van der Waals surface area contributed by atoms with Crippen LogP contribution < -0.4 is 10.5 Å². The van der Waals surface area contributed by atoms with Gasteiger partial charge in [-0.3, -0.25) is 10.1 Å². The summed E-state index contributed by atoms with van der Waals surface area (Å²) in [4.78, 5) is 17.2. The molecule has 0 aliphatic rings. The Morgan fingerprint density at radius 1 is 1.42 bits per heavy atom. The van der Waals surface area contributed by atoms with E-state index in [1.807, 2.05) is 0 Å². The maximum Gasteiger partial charge on any atom is 0.372 e. The summed E-state index contributed by atoms with van der Waals surface area (Å²) in [6.07, 6.45) is 1.02. The topological polar surface area (TPSA) is 104 Å². The van der Waals surface area contributed by atoms with Crippen LogP contribution in [0, 0.1) is 15.9 Å². The van der Waals surface area contributed by atoms with E-state index < -0.39 is 16.4 Å². The molecule has 9 heteroatoms. The van der Waals surface area contributed by atoms with Crippen LogP contribution in [0.1, 0.15) is 0 Å². The van der Waals surface area contributed by atoms with E-state index in [2.05, 4.69) is 25.9 Å². The lowest BCUT2D eigenvalue weighted by atomic mass is 10.3. The van der Waals surface area contributed by atoms with Gasteiger partial charge in [-0.15, -0.1) is 0 Å². The second-order valence-electron chi connectivity index (χ2n) is 3.35. The zero-order chi connectivity index (χ0) is 14.0. The minimum atomic E-state index is -0.766. The molecule has 0 fully saturated rings. The third-order valence-electron chi connectivity index (χ3n) is 2.10. The molecule has 0 atom stereocenters. The van der Waals surface area contributed by atoms with Gasteiger partial charge in [0.1, 0.15) is 17.9 Å². The quantitative estimate of drug-likeness (QED) is 0.686. The van der Waals surface area contributed by atoms with Crippen molar-refractivity contribution in [1.29, 1.82) is 0 Å². The number of ether oxygens (including phenoxy) is 1. The Balaban J connectivity index is 2.46. The largest absolute Gasteiger partial charge is 0.432 e. The fraction of sp³-hybridized carbons (Fsp3) is 0. The summed E-state index contributed by atoms with van der Waals surface area (Å²) in [6, 6.07) is 3.67. The molecule has 0 radical (unpaired) electrons. The first-order chi connectivity index (χ1) is 8.99. The Labute approximate surface area is 114 Å². The molecule has 1 aromatic heterocycles. The minimum absolute atomic E-state index is 0.0428. The standard InChI is InChI=1S/C10H6BrFN4O3/c11-6-2-1-5(12)3-7(6)19-10-8(16(17)18)9(13)14-4-15-10/h1-4H,(H2,13,14,15). The maximum atomic E-state index is 13.1. The van der Waals surface area contributed by atoms with Gasteiger partial charge < -0.3 is 10.5 Å². The van der Waals surface area contributed by atoms with Crippen molar-refractivity contribution >= 4 is 27.4 Å². The van der Waals surface area contributed by atoms with Gasteiger partial charge in [-0.25, -0.2) is 9.37 Å². The van der Waals surface area contributed by atoms with Crippen molar-refractivity contribution in [3.63, 3.8) is 0 Å². The molecular weight excluding hydrogens is 323 g/mol. The van der Waals surface area contributed by atoms with Crippen molar-refractivity contribution < 1.29 is 14.1 Å². The van der Waals surface area contributed by atoms with Gasteiger partial charge in [0.2, 0.25) is 5.82 Å². The highest BCUT2D eigenvalue weighted by molar-refractivity contribution is 9.10. The van der Waals surface area contributed by atoms with Gasteiger partial charge in [-0.2, -0.15) is 4.98 Å². The second-order valence-corrected chi connectivity index (χ2v) is 4.20. The number of rotatable bonds is 3. The third-order valence-corrected chi connectivity index (χ3v) is 2.75. The number of nitro groups is 1. The normalized spacial score (nSPS) is 10.2. The van der Waals surface area contributed by atoms with Crippen LogP contribution in [0.2, 0.25) is 0 Å². The lowest BCUT2D eigenvalue weighted by Gasteiger charge is -2.07. The summed E-state index contributed by atoms with van der Waals surface area (Å²) < 4.78 is 18.7. The van der Waals surface area contributed by atoms with E-state index in [0.717, 1.165) is 12.4 Å². The average Bonchev–Trinajstić information content (AvgIpc) is 2.33. The molecule has 0 saturated carbocycles. The van der Waals surface area contributed by atoms with Crippen molar-refractivity contribution in [2.75, 3.05) is 5.73 Å². The molecule has 0 aliphatic carbocycles. The van der Waals surface area contributed by atoms with Crippen LogP contribution in [0.25, 0.3) is 0 Å². The number of nitrogen functional groups attached to an aromatic ring is 1. The predicted molar refractivity (Wildman–Crippen MR) is 67.3 cm³/mol. The minimum Gasteiger partial charge on any atom is -0.432 e. The first-order valence-corrected chi connectivity index (χ1v) is 5.66. The third kappa shape index (κ3) is 2.76. The predicted octanol–water partition coefficient (Wildman–Crippen LogP) is 2.66. The number of halogens is 2. The number of hydrogen-bond donors (Lipinski definition) is 1. The van der Waals surface area contributed by atoms with E-state index >= 15 is 0 Å². The summed E-state index contributed by atoms with van der Waals surface area (Å²) in [5.41, 5.74) is 4.81. The lowest BCUT2D eigenvalue weighted by molar-refractivity contribution is -0.385. The summed E-state index contributed by atoms with van der Waals surface area (Å²) >= 11 is 3.13. The van der Waals surface area contributed by atoms with E-state index in [0.29, 0.717) is 4.47 Å². The lowest BCUT2D eigenvalue weighted by Crippen LogP contribution is -2.03. The molecule has 1 heterocycles. The van der Waals surface area contributed by atoms with Crippen LogP contribution >= 0.6 is 15.9 Å². The van der Waals surface area contributed by atoms with Crippen LogP contribution in [0.5, 0.6) is 11.6 Å². The molecule has 0 bridgehead atoms. The summed E-state index contributed by atoms with van der Waals surface area (Å²) in [5.74, 6) is -1.20. The highest BCUT2D eigenvalue weighted by Gasteiger charge is 2.23. The van der Waals surface area contributed by atoms with Crippen LogP contribution in [0.15, 0.2) is 29.0 Å². The van der Waals surface area contributed by atoms with E-state index in [-0.39, 0.29) is 17.4 Å². The first-order valence-electron chi connectivity index (χ1n) is 4.87. The van der Waals surface area contributed by atoms with E-state index in [1.54, 1.807) is 0 Å². The Hall–Kier alpha value is -2.29. The van der Waals surface area contributed by atoms with Gasteiger partial charge in [0.05, 0.1) is 9.40 Å². The maximum absolute atomic E-state index is 13.1. The Bertz CT molecular complexity index is 653. The van der Waals surface area contributed by atoms with Crippen LogP contribution in [-0.4, -0.2) is 14.9 Å². The van der Waals surface area contributed by atoms with Crippen LogP contribution in [0.3, 0.4) is 0 Å². The first kappa shape index (κ1) is 13.1. The molecule has 19 heavy (non-hydrogen) atoms. The molecule has 7 nitrogen and oxygen atoms in total. The zero-order valence-electron chi connectivity index (χ0n) is 9.21. The smallest absolute Gasteiger partial charge is 0.372 e. The number of hydrogen-bond acceptors (Lipinski definition) is 6. The molecule has 0 aliphatic heterocycles. The summed E-state index contributed by atoms with van der Waals surface area (Å²) in [6.45, 7) is 0. The van der Waals surface area contributed by atoms with Gasteiger partial charge in [0.15, 0.2) is 0 Å². The monoisotopic (exact) mass is 328 g/mol. The van der Waals surface area contributed by atoms with Crippen molar-refractivity contribution in [3.05, 3.63) is 44.9 Å². The van der Waals surface area contributed by atoms with Gasteiger partial charge in [-0.05, 0) is 28.1 Å². The van der Waals surface area contributed by atoms with Crippen molar-refractivity contribution in [2.45, 2.75) is 0 Å². The zero-order valence-corrected chi connectivity index (χ0v) is 10.8. The Kier molecular flexibility index (Phi) is 3.56. The average molecular weight is 329 g/mol. The molecule has 0 unspecified atom stereocenters. The second kappa shape index (κ2) is 5.14. The number of benzene rings is 1. The number of nitrogens with two attached hydrogens (primary N) is 1. The van der Waals surface area contributed by atoms with Crippen molar-refractivity contribution in [2.24, 2.45) is 0 Å². The fourth-order valence-electron chi connectivity index (χ4n) is 1.28. The van der Waals surface area contributed by atoms with E-state index in [4.69, 9.17) is 10.5 Å². The summed E-state index contributed by atoms with van der Waals surface area (Å²) in [5, 5.41) is 10.9. The molecule has 2 aromatic rings. The SMILES string of the molecule is Nc1ncnc(Oc2cc(F)ccc2Br)c1[N+](=O)[O-]. The van der Waals surface area contributed by atoms with Gasteiger partial charge >= 0.3 is 11.6 Å². The molecule has 0 spiro atoms. The van der Waals surface area contributed by atoms with Crippen molar-refractivity contribution in [1.82, 2.24) is 9.97 Å². The number of anilines is 1. The van der Waals surface area contributed by atoms with Gasteiger partial charge in [0, 0.05) is 6.07 Å².